The summed E-state index contributed by atoms with van der Waals surface area (Å²) >= 11 is 7.33. The average Bonchev–Trinajstić information content (AvgIpc) is 2.57. The van der Waals surface area contributed by atoms with Gasteiger partial charge in [0.15, 0.2) is 0 Å². The highest BCUT2D eigenvalue weighted by molar-refractivity contribution is 8.00. The Bertz CT molecular complexity index is 684. The predicted octanol–water partition coefficient (Wildman–Crippen LogP) is 6.97. The average molecular weight is 425 g/mol. The number of benzene rings is 2. The van der Waals surface area contributed by atoms with Crippen LogP contribution in [0.3, 0.4) is 0 Å². The second-order valence-corrected chi connectivity index (χ2v) is 10.8. The van der Waals surface area contributed by atoms with Crippen LogP contribution in [0.1, 0.15) is 27.7 Å². The Balaban J connectivity index is 2.69. The first-order chi connectivity index (χ1) is 12.5. The Hall–Kier alpha value is -0.560. The Kier molecular flexibility index (Phi) is 8.94. The Morgan fingerprint density at radius 2 is 0.923 bits per heavy atom. The van der Waals surface area contributed by atoms with Crippen molar-refractivity contribution in [3.05, 3.63) is 24.3 Å². The number of hydrogen-bond donors (Lipinski definition) is 2. The molecule has 2 aromatic carbocycles. The molecule has 2 nitrogen and oxygen atoms in total. The summed E-state index contributed by atoms with van der Waals surface area (Å²) in [7, 11) is 0. The van der Waals surface area contributed by atoms with E-state index in [2.05, 4.69) is 52.0 Å². The molecule has 0 unspecified atom stereocenters. The predicted molar refractivity (Wildman–Crippen MR) is 126 cm³/mol. The molecule has 0 heterocycles. The van der Waals surface area contributed by atoms with Crippen LogP contribution in [-0.4, -0.2) is 23.0 Å². The van der Waals surface area contributed by atoms with Crippen molar-refractivity contribution in [3.8, 4) is 11.1 Å². The van der Waals surface area contributed by atoms with Crippen LogP contribution in [0.25, 0.3) is 11.1 Å². The van der Waals surface area contributed by atoms with Crippen molar-refractivity contribution in [1.82, 2.24) is 0 Å². The van der Waals surface area contributed by atoms with E-state index < -0.39 is 0 Å². The zero-order chi connectivity index (χ0) is 19.1. The minimum Gasteiger partial charge on any atom is -0.398 e. The van der Waals surface area contributed by atoms with Crippen LogP contribution in [-0.2, 0) is 0 Å². The number of nitrogens with two attached hydrogens (primary N) is 2. The molecule has 0 aliphatic heterocycles. The normalized spacial score (nSPS) is 11.1. The highest BCUT2D eigenvalue weighted by atomic mass is 32.2. The molecule has 0 bridgehead atoms. The molecule has 26 heavy (non-hydrogen) atoms. The number of nitrogen functional groups attached to an aromatic ring is 2. The quantitative estimate of drug-likeness (QED) is 0.335. The van der Waals surface area contributed by atoms with E-state index in [0.717, 1.165) is 45.5 Å². The van der Waals surface area contributed by atoms with Crippen molar-refractivity contribution in [2.24, 2.45) is 0 Å². The first kappa shape index (κ1) is 21.7. The van der Waals surface area contributed by atoms with Gasteiger partial charge in [-0.1, -0.05) is 27.7 Å². The molecular weight excluding hydrogens is 397 g/mol. The molecule has 6 heteroatoms. The molecule has 0 saturated heterocycles. The summed E-state index contributed by atoms with van der Waals surface area (Å²) in [6.07, 6.45) is 0. The number of rotatable bonds is 9. The molecular formula is C20H28N2S4. The van der Waals surface area contributed by atoms with Crippen LogP contribution in [0.15, 0.2) is 43.8 Å². The van der Waals surface area contributed by atoms with Crippen molar-refractivity contribution < 1.29 is 0 Å². The van der Waals surface area contributed by atoms with Gasteiger partial charge in [-0.3, -0.25) is 0 Å². The third-order valence-electron chi connectivity index (χ3n) is 3.68. The summed E-state index contributed by atoms with van der Waals surface area (Å²) in [6, 6.07) is 8.72. The summed E-state index contributed by atoms with van der Waals surface area (Å²) in [6.45, 7) is 8.69. The lowest BCUT2D eigenvalue weighted by molar-refractivity contribution is 1.27. The Morgan fingerprint density at radius 1 is 0.577 bits per heavy atom. The van der Waals surface area contributed by atoms with Crippen LogP contribution < -0.4 is 11.5 Å². The van der Waals surface area contributed by atoms with Gasteiger partial charge < -0.3 is 11.5 Å². The van der Waals surface area contributed by atoms with Gasteiger partial charge in [0.25, 0.3) is 0 Å². The van der Waals surface area contributed by atoms with Gasteiger partial charge in [0.2, 0.25) is 0 Å². The highest BCUT2D eigenvalue weighted by Gasteiger charge is 2.19. The molecule has 0 saturated carbocycles. The molecule has 2 aromatic rings. The fourth-order valence-corrected chi connectivity index (χ4v) is 6.21. The summed E-state index contributed by atoms with van der Waals surface area (Å²) in [5.41, 5.74) is 16.9. The van der Waals surface area contributed by atoms with Crippen LogP contribution >= 0.6 is 47.0 Å². The second kappa shape index (κ2) is 10.7. The second-order valence-electron chi connectivity index (χ2n) is 5.50. The minimum atomic E-state index is 0.819. The molecule has 0 radical (unpaired) electrons. The number of thioether (sulfide) groups is 4. The van der Waals surface area contributed by atoms with E-state index in [9.17, 15) is 0 Å². The molecule has 0 aliphatic rings. The lowest BCUT2D eigenvalue weighted by Gasteiger charge is -2.19. The summed E-state index contributed by atoms with van der Waals surface area (Å²) in [5, 5.41) is 0. The van der Waals surface area contributed by atoms with E-state index >= 15 is 0 Å². The number of anilines is 2. The van der Waals surface area contributed by atoms with Gasteiger partial charge in [-0.05, 0) is 47.3 Å². The molecule has 2 rings (SSSR count). The van der Waals surface area contributed by atoms with Gasteiger partial charge in [0, 0.05) is 42.1 Å². The molecule has 0 amide bonds. The fourth-order valence-electron chi connectivity index (χ4n) is 2.80. The van der Waals surface area contributed by atoms with Gasteiger partial charge >= 0.3 is 0 Å². The van der Waals surface area contributed by atoms with Gasteiger partial charge in [0.1, 0.15) is 0 Å². The van der Waals surface area contributed by atoms with Gasteiger partial charge in [-0.15, -0.1) is 47.0 Å². The van der Waals surface area contributed by atoms with Gasteiger partial charge in [-0.25, -0.2) is 0 Å². The number of hydrogen-bond acceptors (Lipinski definition) is 6. The lowest BCUT2D eigenvalue weighted by atomic mass is 10.0. The fraction of sp³-hybridized carbons (Fsp3) is 0.400. The molecule has 0 fully saturated rings. The monoisotopic (exact) mass is 424 g/mol. The maximum Gasteiger partial charge on any atom is 0.0417 e. The lowest BCUT2D eigenvalue weighted by Crippen LogP contribution is -2.00. The summed E-state index contributed by atoms with van der Waals surface area (Å²) in [5.74, 6) is 4.09. The standard InChI is InChI=1S/C20H28N2S4/c1-5-23-13-9-15(21)19(17(11-13)25-7-3)20-16(22)10-14(24-6-2)12-18(20)26-8-4/h9-12H,5-8,21-22H2,1-4H3. The molecule has 0 atom stereocenters. The van der Waals surface area contributed by atoms with Crippen molar-refractivity contribution in [3.63, 3.8) is 0 Å². The van der Waals surface area contributed by atoms with Gasteiger partial charge in [-0.2, -0.15) is 0 Å². The third kappa shape index (κ3) is 5.24. The largest absolute Gasteiger partial charge is 0.398 e. The Morgan fingerprint density at radius 3 is 1.23 bits per heavy atom. The van der Waals surface area contributed by atoms with Crippen LogP contribution in [0.5, 0.6) is 0 Å². The molecule has 0 aliphatic carbocycles. The van der Waals surface area contributed by atoms with E-state index in [0.29, 0.717) is 0 Å². The van der Waals surface area contributed by atoms with Crippen molar-refractivity contribution in [2.75, 3.05) is 34.5 Å². The van der Waals surface area contributed by atoms with Crippen LogP contribution in [0.4, 0.5) is 11.4 Å². The topological polar surface area (TPSA) is 52.0 Å². The Labute approximate surface area is 175 Å². The molecule has 0 aromatic heterocycles. The molecule has 0 spiro atoms. The maximum atomic E-state index is 6.55. The molecule has 142 valence electrons. The van der Waals surface area contributed by atoms with E-state index in [1.165, 1.54) is 19.6 Å². The van der Waals surface area contributed by atoms with E-state index in [1.54, 1.807) is 0 Å². The molecule has 4 N–H and O–H groups in total. The first-order valence-corrected chi connectivity index (χ1v) is 12.9. The third-order valence-corrected chi connectivity index (χ3v) is 7.24. The van der Waals surface area contributed by atoms with Crippen molar-refractivity contribution in [1.29, 1.82) is 0 Å². The van der Waals surface area contributed by atoms with E-state index in [1.807, 2.05) is 47.0 Å². The van der Waals surface area contributed by atoms with Crippen molar-refractivity contribution in [2.45, 2.75) is 47.3 Å². The SMILES string of the molecule is CCSc1cc(N)c(-c2c(N)cc(SCC)cc2SCC)c(SCC)c1. The van der Waals surface area contributed by atoms with E-state index in [-0.39, 0.29) is 0 Å². The van der Waals surface area contributed by atoms with Crippen LogP contribution in [0, 0.1) is 0 Å². The van der Waals surface area contributed by atoms with E-state index in [4.69, 9.17) is 11.5 Å². The zero-order valence-electron chi connectivity index (χ0n) is 15.9. The van der Waals surface area contributed by atoms with Crippen molar-refractivity contribution >= 4 is 58.4 Å². The zero-order valence-corrected chi connectivity index (χ0v) is 19.2. The maximum absolute atomic E-state index is 6.55. The van der Waals surface area contributed by atoms with Crippen LogP contribution in [0.2, 0.25) is 0 Å². The highest BCUT2D eigenvalue weighted by Crippen LogP contribution is 2.46. The first-order valence-electron chi connectivity index (χ1n) is 8.94. The van der Waals surface area contributed by atoms with Gasteiger partial charge in [0.05, 0.1) is 0 Å². The smallest absolute Gasteiger partial charge is 0.0417 e. The summed E-state index contributed by atoms with van der Waals surface area (Å²) in [4.78, 5) is 4.91. The summed E-state index contributed by atoms with van der Waals surface area (Å²) < 4.78 is 0. The minimum absolute atomic E-state index is 0.819.